The number of methoxy groups -OCH3 is 1. The van der Waals surface area contributed by atoms with Crippen LogP contribution in [0, 0.1) is 11.8 Å². The second kappa shape index (κ2) is 7.05. The van der Waals surface area contributed by atoms with Crippen LogP contribution in [0.2, 0.25) is 5.02 Å². The normalized spacial score (nSPS) is 30.4. The van der Waals surface area contributed by atoms with Crippen LogP contribution in [-0.4, -0.2) is 48.9 Å². The second-order valence-electron chi connectivity index (χ2n) is 9.07. The minimum absolute atomic E-state index is 0.105. The first-order valence-corrected chi connectivity index (χ1v) is 11.7. The molecule has 4 aliphatic rings. The lowest BCUT2D eigenvalue weighted by atomic mass is 9.75. The topological polar surface area (TPSA) is 70.2 Å². The number of anilines is 2. The van der Waals surface area contributed by atoms with Gasteiger partial charge in [0, 0.05) is 28.9 Å². The van der Waals surface area contributed by atoms with E-state index >= 15 is 0 Å². The molecule has 4 heterocycles. The molecule has 0 bridgehead atoms. The van der Waals surface area contributed by atoms with E-state index < -0.39 is 17.4 Å². The molecule has 0 unspecified atom stereocenters. The predicted octanol–water partition coefficient (Wildman–Crippen LogP) is 3.19. The van der Waals surface area contributed by atoms with Crippen LogP contribution in [0.5, 0.6) is 5.75 Å². The van der Waals surface area contributed by atoms with Crippen LogP contribution in [0.15, 0.2) is 42.5 Å². The van der Waals surface area contributed by atoms with Crippen LogP contribution in [0.4, 0.5) is 11.4 Å². The molecular weight excluding hydrogens is 442 g/mol. The maximum absolute atomic E-state index is 14.1. The van der Waals surface area contributed by atoms with Crippen molar-refractivity contribution in [2.75, 3.05) is 30.0 Å². The highest BCUT2D eigenvalue weighted by Gasteiger charge is 2.75. The van der Waals surface area contributed by atoms with Gasteiger partial charge in [0.1, 0.15) is 11.3 Å². The van der Waals surface area contributed by atoms with Gasteiger partial charge in [0.15, 0.2) is 0 Å². The quantitative estimate of drug-likeness (QED) is 0.651. The first-order chi connectivity index (χ1) is 16.0. The van der Waals surface area contributed by atoms with E-state index in [0.717, 1.165) is 24.1 Å². The van der Waals surface area contributed by atoms with E-state index in [0.29, 0.717) is 29.5 Å². The number of likely N-dealkylation sites (N-methyl/N-ethyl adjacent to an activating group) is 1. The van der Waals surface area contributed by atoms with Gasteiger partial charge >= 0.3 is 0 Å². The van der Waals surface area contributed by atoms with E-state index in [-0.39, 0.29) is 23.8 Å². The number of hydrogen-bond acceptors (Lipinski definition) is 5. The first kappa shape index (κ1) is 20.7. The summed E-state index contributed by atoms with van der Waals surface area (Å²) in [4.78, 5) is 47.3. The van der Waals surface area contributed by atoms with Crippen molar-refractivity contribution >= 4 is 40.7 Å². The number of carbonyl (C=O) groups excluding carboxylic acids is 3. The van der Waals surface area contributed by atoms with Crippen LogP contribution < -0.4 is 14.5 Å². The molecule has 4 atom stereocenters. The van der Waals surface area contributed by atoms with E-state index in [4.69, 9.17) is 16.3 Å². The number of ether oxygens (including phenoxy) is 1. The minimum Gasteiger partial charge on any atom is -0.495 e. The third-order valence-corrected chi connectivity index (χ3v) is 8.08. The van der Waals surface area contributed by atoms with Gasteiger partial charge < -0.3 is 9.64 Å². The molecule has 0 aromatic heterocycles. The molecule has 170 valence electrons. The van der Waals surface area contributed by atoms with E-state index in [1.54, 1.807) is 23.1 Å². The van der Waals surface area contributed by atoms with Crippen LogP contribution in [0.25, 0.3) is 0 Å². The standard InChI is InChI=1S/C25H24ClN3O4/c1-3-27-16-8-5-4-7-15(16)25(24(27)32)21-20(17-9-6-12-28(17)25)22(30)29(23(21)31)18-13-14(26)10-11-19(18)33-2/h4-5,7-8,10-11,13,17,20-21H,3,6,9,12H2,1-2H3/t17-,20-,21+,25+/m1/s1. The molecule has 0 N–H and O–H groups in total. The van der Waals surface area contributed by atoms with E-state index in [2.05, 4.69) is 4.90 Å². The molecule has 0 aliphatic carbocycles. The summed E-state index contributed by atoms with van der Waals surface area (Å²) in [6.45, 7) is 3.13. The van der Waals surface area contributed by atoms with Crippen LogP contribution >= 0.6 is 11.6 Å². The van der Waals surface area contributed by atoms with Crippen molar-refractivity contribution in [3.8, 4) is 5.75 Å². The molecule has 3 amide bonds. The average Bonchev–Trinajstić information content (AvgIpc) is 3.51. The number of carbonyl (C=O) groups is 3. The van der Waals surface area contributed by atoms with Crippen LogP contribution in [0.3, 0.4) is 0 Å². The molecule has 3 fully saturated rings. The summed E-state index contributed by atoms with van der Waals surface area (Å²) in [5, 5.41) is 0.403. The van der Waals surface area contributed by atoms with E-state index in [1.165, 1.54) is 12.0 Å². The maximum Gasteiger partial charge on any atom is 0.253 e. The van der Waals surface area contributed by atoms with Crippen LogP contribution in [-0.2, 0) is 19.9 Å². The van der Waals surface area contributed by atoms with Crippen molar-refractivity contribution in [2.24, 2.45) is 11.8 Å². The van der Waals surface area contributed by atoms with Gasteiger partial charge in [-0.05, 0) is 50.6 Å². The SMILES string of the molecule is CCN1C(=O)[C@]2(c3ccccc31)[C@@H]1C(=O)N(c3cc(Cl)ccc3OC)C(=O)[C@@H]1[C@H]1CCCN12. The van der Waals surface area contributed by atoms with Crippen molar-refractivity contribution in [1.29, 1.82) is 0 Å². The minimum atomic E-state index is -1.16. The number of imide groups is 1. The highest BCUT2D eigenvalue weighted by Crippen LogP contribution is 2.62. The fourth-order valence-corrected chi connectivity index (χ4v) is 6.90. The van der Waals surface area contributed by atoms with E-state index in [9.17, 15) is 14.4 Å². The molecule has 6 rings (SSSR count). The molecule has 0 radical (unpaired) electrons. The lowest BCUT2D eigenvalue weighted by Gasteiger charge is -2.37. The number of hydrogen-bond donors (Lipinski definition) is 0. The summed E-state index contributed by atoms with van der Waals surface area (Å²) in [5.74, 6) is -1.72. The summed E-state index contributed by atoms with van der Waals surface area (Å²) in [7, 11) is 1.49. The summed E-state index contributed by atoms with van der Waals surface area (Å²) in [6.07, 6.45) is 1.67. The van der Waals surface area contributed by atoms with Crippen molar-refractivity contribution in [2.45, 2.75) is 31.3 Å². The Morgan fingerprint density at radius 3 is 2.64 bits per heavy atom. The smallest absolute Gasteiger partial charge is 0.253 e. The summed E-state index contributed by atoms with van der Waals surface area (Å²) >= 11 is 6.23. The highest BCUT2D eigenvalue weighted by molar-refractivity contribution is 6.32. The maximum atomic E-state index is 14.1. The average molecular weight is 466 g/mol. The number of amides is 3. The van der Waals surface area contributed by atoms with Gasteiger partial charge in [-0.15, -0.1) is 0 Å². The number of benzene rings is 2. The van der Waals surface area contributed by atoms with Gasteiger partial charge in [-0.25, -0.2) is 4.90 Å². The number of fused-ring (bicyclic) bond motifs is 7. The molecular formula is C25H24ClN3O4. The summed E-state index contributed by atoms with van der Waals surface area (Å²) in [5.41, 5.74) is 0.832. The van der Waals surface area contributed by atoms with Crippen LogP contribution in [0.1, 0.15) is 25.3 Å². The van der Waals surface area contributed by atoms with Gasteiger partial charge in [0.2, 0.25) is 11.8 Å². The fourth-order valence-electron chi connectivity index (χ4n) is 6.73. The van der Waals surface area contributed by atoms with Gasteiger partial charge in [0.25, 0.3) is 5.91 Å². The number of para-hydroxylation sites is 1. The fraction of sp³-hybridized carbons (Fsp3) is 0.400. The molecule has 7 nitrogen and oxygen atoms in total. The third-order valence-electron chi connectivity index (χ3n) is 7.84. The molecule has 4 aliphatic heterocycles. The molecule has 3 saturated heterocycles. The van der Waals surface area contributed by atoms with E-state index in [1.807, 2.05) is 31.2 Å². The number of rotatable bonds is 3. The third kappa shape index (κ3) is 2.36. The van der Waals surface area contributed by atoms with Crippen molar-refractivity contribution in [1.82, 2.24) is 4.90 Å². The zero-order chi connectivity index (χ0) is 23.1. The first-order valence-electron chi connectivity index (χ1n) is 11.4. The molecule has 8 heteroatoms. The molecule has 0 saturated carbocycles. The van der Waals surface area contributed by atoms with Gasteiger partial charge in [-0.1, -0.05) is 29.8 Å². The molecule has 1 spiro atoms. The lowest BCUT2D eigenvalue weighted by molar-refractivity contribution is -0.137. The molecule has 2 aromatic rings. The zero-order valence-electron chi connectivity index (χ0n) is 18.5. The van der Waals surface area contributed by atoms with Gasteiger partial charge in [-0.2, -0.15) is 0 Å². The van der Waals surface area contributed by atoms with Gasteiger partial charge in [-0.3, -0.25) is 19.3 Å². The van der Waals surface area contributed by atoms with Gasteiger partial charge in [0.05, 0.1) is 24.6 Å². The predicted molar refractivity (Wildman–Crippen MR) is 123 cm³/mol. The largest absolute Gasteiger partial charge is 0.495 e. The zero-order valence-corrected chi connectivity index (χ0v) is 19.2. The molecule has 33 heavy (non-hydrogen) atoms. The summed E-state index contributed by atoms with van der Waals surface area (Å²) < 4.78 is 5.46. The van der Waals surface area contributed by atoms with Crippen molar-refractivity contribution in [3.63, 3.8) is 0 Å². The Kier molecular flexibility index (Phi) is 4.42. The van der Waals surface area contributed by atoms with Crippen molar-refractivity contribution in [3.05, 3.63) is 53.1 Å². The Labute approximate surface area is 196 Å². The Bertz CT molecular complexity index is 1220. The second-order valence-corrected chi connectivity index (χ2v) is 9.50. The highest BCUT2D eigenvalue weighted by atomic mass is 35.5. The monoisotopic (exact) mass is 465 g/mol. The molecule has 2 aromatic carbocycles. The Hall–Kier alpha value is -2.90. The Morgan fingerprint density at radius 1 is 1.09 bits per heavy atom. The Morgan fingerprint density at radius 2 is 1.88 bits per heavy atom. The lowest BCUT2D eigenvalue weighted by Crippen LogP contribution is -2.56. The number of halogens is 1. The summed E-state index contributed by atoms with van der Waals surface area (Å²) in [6, 6.07) is 12.4. The van der Waals surface area contributed by atoms with Crippen molar-refractivity contribution < 1.29 is 19.1 Å². The Balaban J connectivity index is 1.57. The number of nitrogens with zero attached hydrogens (tertiary/aromatic N) is 3.